The van der Waals surface area contributed by atoms with Crippen LogP contribution >= 0.6 is 0 Å². The van der Waals surface area contributed by atoms with Crippen LogP contribution in [0.3, 0.4) is 0 Å². The number of rotatable bonds is 3. The van der Waals surface area contributed by atoms with Gasteiger partial charge in [-0.15, -0.1) is 0 Å². The van der Waals surface area contributed by atoms with Gasteiger partial charge < -0.3 is 4.57 Å². The Morgan fingerprint density at radius 3 is 2.08 bits per heavy atom. The summed E-state index contributed by atoms with van der Waals surface area (Å²) in [6.07, 6.45) is 2.95. The number of hydrogen-bond acceptors (Lipinski definition) is 7. The SMILES string of the molecule is Cc1nc(C)nc(-c2ccc3c(c2)c2ccccc2n3-c2ccc(-c3ncc(C#N)cn3)cc2C#N)n1. The summed E-state index contributed by atoms with van der Waals surface area (Å²) in [5, 5.41) is 21.2. The van der Waals surface area contributed by atoms with Gasteiger partial charge >= 0.3 is 0 Å². The topological polar surface area (TPSA) is 117 Å². The number of fused-ring (bicyclic) bond motifs is 3. The Kier molecular flexibility index (Phi) is 5.14. The van der Waals surface area contributed by atoms with Gasteiger partial charge in [-0.3, -0.25) is 0 Å². The lowest BCUT2D eigenvalue weighted by Gasteiger charge is -2.11. The Hall–Kier alpha value is -5.47. The van der Waals surface area contributed by atoms with Crippen LogP contribution in [0.4, 0.5) is 0 Å². The van der Waals surface area contributed by atoms with Crippen LogP contribution < -0.4 is 0 Å². The summed E-state index contributed by atoms with van der Waals surface area (Å²) in [6.45, 7) is 3.72. The molecule has 0 aliphatic rings. The third-order valence-corrected chi connectivity index (χ3v) is 6.19. The summed E-state index contributed by atoms with van der Waals surface area (Å²) < 4.78 is 2.10. The first-order valence-corrected chi connectivity index (χ1v) is 11.6. The Balaban J connectivity index is 1.55. The second kappa shape index (κ2) is 8.63. The van der Waals surface area contributed by atoms with Crippen LogP contribution in [0.25, 0.3) is 50.3 Å². The smallest absolute Gasteiger partial charge is 0.163 e. The Labute approximate surface area is 212 Å². The first-order valence-electron chi connectivity index (χ1n) is 11.6. The first kappa shape index (κ1) is 22.0. The molecule has 3 aromatic heterocycles. The third kappa shape index (κ3) is 3.74. The first-order chi connectivity index (χ1) is 18.1. The van der Waals surface area contributed by atoms with Crippen LogP contribution in [-0.4, -0.2) is 29.5 Å². The van der Waals surface area contributed by atoms with E-state index in [-0.39, 0.29) is 0 Å². The van der Waals surface area contributed by atoms with Gasteiger partial charge in [-0.05, 0) is 56.3 Å². The lowest BCUT2D eigenvalue weighted by Crippen LogP contribution is -2.00. The number of benzene rings is 3. The van der Waals surface area contributed by atoms with Crippen molar-refractivity contribution in [2.75, 3.05) is 0 Å². The zero-order chi connectivity index (χ0) is 25.5. The monoisotopic (exact) mass is 478 g/mol. The highest BCUT2D eigenvalue weighted by atomic mass is 15.0. The van der Waals surface area contributed by atoms with Gasteiger partial charge in [0.1, 0.15) is 23.8 Å². The Morgan fingerprint density at radius 1 is 0.676 bits per heavy atom. The van der Waals surface area contributed by atoms with Gasteiger partial charge in [-0.2, -0.15) is 10.5 Å². The van der Waals surface area contributed by atoms with Crippen molar-refractivity contribution in [1.29, 1.82) is 10.5 Å². The van der Waals surface area contributed by atoms with E-state index in [0.29, 0.717) is 40.0 Å². The van der Waals surface area contributed by atoms with Gasteiger partial charge in [0.25, 0.3) is 0 Å². The van der Waals surface area contributed by atoms with Crippen LogP contribution in [0.15, 0.2) is 73.1 Å². The van der Waals surface area contributed by atoms with Crippen molar-refractivity contribution in [1.82, 2.24) is 29.5 Å². The molecule has 0 atom stereocenters. The number of aromatic nitrogens is 6. The zero-order valence-corrected chi connectivity index (χ0v) is 20.0. The van der Waals surface area contributed by atoms with E-state index in [4.69, 9.17) is 5.26 Å². The predicted molar refractivity (Wildman–Crippen MR) is 140 cm³/mol. The van der Waals surface area contributed by atoms with E-state index in [9.17, 15) is 5.26 Å². The molecule has 174 valence electrons. The largest absolute Gasteiger partial charge is 0.308 e. The van der Waals surface area contributed by atoms with E-state index >= 15 is 0 Å². The zero-order valence-electron chi connectivity index (χ0n) is 20.0. The van der Waals surface area contributed by atoms with E-state index < -0.39 is 0 Å². The van der Waals surface area contributed by atoms with Crippen LogP contribution in [0.2, 0.25) is 0 Å². The highest BCUT2D eigenvalue weighted by Gasteiger charge is 2.17. The van der Waals surface area contributed by atoms with Gasteiger partial charge in [0.15, 0.2) is 11.6 Å². The molecule has 0 saturated carbocycles. The average Bonchev–Trinajstić information content (AvgIpc) is 3.26. The molecule has 0 N–H and O–H groups in total. The maximum atomic E-state index is 10.1. The summed E-state index contributed by atoms with van der Waals surface area (Å²) in [5.41, 5.74) is 5.17. The minimum absolute atomic E-state index is 0.382. The maximum Gasteiger partial charge on any atom is 0.163 e. The number of hydrogen-bond donors (Lipinski definition) is 0. The quantitative estimate of drug-likeness (QED) is 0.332. The molecule has 6 rings (SSSR count). The van der Waals surface area contributed by atoms with Crippen LogP contribution in [0.5, 0.6) is 0 Å². The van der Waals surface area contributed by atoms with E-state index in [1.54, 1.807) is 6.07 Å². The van der Waals surface area contributed by atoms with Crippen LogP contribution in [0.1, 0.15) is 22.8 Å². The molecule has 8 heteroatoms. The molecule has 37 heavy (non-hydrogen) atoms. The van der Waals surface area contributed by atoms with Gasteiger partial charge in [-0.1, -0.05) is 18.2 Å². The fourth-order valence-electron chi connectivity index (χ4n) is 4.61. The molecule has 3 aromatic carbocycles. The molecule has 8 nitrogen and oxygen atoms in total. The molecule has 0 fully saturated rings. The van der Waals surface area contributed by atoms with Gasteiger partial charge in [0, 0.05) is 34.3 Å². The van der Waals surface area contributed by atoms with Crippen molar-refractivity contribution >= 4 is 21.8 Å². The van der Waals surface area contributed by atoms with Gasteiger partial charge in [0.05, 0.1) is 27.8 Å². The van der Waals surface area contributed by atoms with Crippen LogP contribution in [0, 0.1) is 36.5 Å². The highest BCUT2D eigenvalue weighted by Crippen LogP contribution is 2.35. The van der Waals surface area contributed by atoms with Gasteiger partial charge in [-0.25, -0.2) is 24.9 Å². The number of nitriles is 2. The number of para-hydroxylation sites is 1. The van der Waals surface area contributed by atoms with Crippen molar-refractivity contribution in [2.45, 2.75) is 13.8 Å². The van der Waals surface area contributed by atoms with Gasteiger partial charge in [0.2, 0.25) is 0 Å². The second-order valence-electron chi connectivity index (χ2n) is 8.59. The molecule has 3 heterocycles. The second-order valence-corrected chi connectivity index (χ2v) is 8.59. The molecule has 0 radical (unpaired) electrons. The molecular weight excluding hydrogens is 460 g/mol. The maximum absolute atomic E-state index is 10.1. The highest BCUT2D eigenvalue weighted by molar-refractivity contribution is 6.10. The standard InChI is InChI=1S/C29H18N8/c1-17-34-18(2)36-29(35-17)21-8-10-27-24(12-21)23-5-3-4-6-26(23)37(27)25-9-7-20(11-22(25)14-31)28-32-15-19(13-30)16-33-28/h3-12,15-16H,1-2H3. The van der Waals surface area contributed by atoms with E-state index in [1.807, 2.05) is 62.4 Å². The summed E-state index contributed by atoms with van der Waals surface area (Å²) in [4.78, 5) is 21.9. The van der Waals surface area contributed by atoms with E-state index in [1.165, 1.54) is 12.4 Å². The molecular formula is C29H18N8. The third-order valence-electron chi connectivity index (χ3n) is 6.19. The lowest BCUT2D eigenvalue weighted by atomic mass is 10.1. The van der Waals surface area contributed by atoms with Crippen molar-refractivity contribution in [3.05, 3.63) is 95.8 Å². The fourth-order valence-corrected chi connectivity index (χ4v) is 4.61. The minimum atomic E-state index is 0.382. The molecule has 0 saturated heterocycles. The molecule has 0 aliphatic carbocycles. The van der Waals surface area contributed by atoms with Crippen molar-refractivity contribution in [3.8, 4) is 40.6 Å². The van der Waals surface area contributed by atoms with E-state index in [2.05, 4.69) is 47.7 Å². The Bertz CT molecular complexity index is 1900. The van der Waals surface area contributed by atoms with Crippen molar-refractivity contribution in [2.24, 2.45) is 0 Å². The van der Waals surface area contributed by atoms with E-state index in [0.717, 1.165) is 33.1 Å². The summed E-state index contributed by atoms with van der Waals surface area (Å²) >= 11 is 0. The molecule has 0 unspecified atom stereocenters. The molecule has 6 aromatic rings. The molecule has 0 spiro atoms. The van der Waals surface area contributed by atoms with Crippen LogP contribution in [-0.2, 0) is 0 Å². The van der Waals surface area contributed by atoms with Crippen molar-refractivity contribution < 1.29 is 0 Å². The molecule has 0 aliphatic heterocycles. The average molecular weight is 479 g/mol. The number of aryl methyl sites for hydroxylation is 2. The summed E-state index contributed by atoms with van der Waals surface area (Å²) in [5.74, 6) is 2.44. The molecule has 0 amide bonds. The normalized spacial score (nSPS) is 10.9. The van der Waals surface area contributed by atoms with Crippen molar-refractivity contribution in [3.63, 3.8) is 0 Å². The minimum Gasteiger partial charge on any atom is -0.308 e. The Morgan fingerprint density at radius 2 is 1.35 bits per heavy atom. The predicted octanol–water partition coefficient (Wildman–Crippen LogP) is 5.45. The summed E-state index contributed by atoms with van der Waals surface area (Å²) in [6, 6.07) is 24.2. The summed E-state index contributed by atoms with van der Waals surface area (Å²) in [7, 11) is 0. The molecule has 0 bridgehead atoms. The number of nitrogens with zero attached hydrogens (tertiary/aromatic N) is 8. The lowest BCUT2D eigenvalue weighted by molar-refractivity contribution is 0.929. The fraction of sp³-hybridized carbons (Fsp3) is 0.0690.